The smallest absolute Gasteiger partial charge is 0.251 e. The van der Waals surface area contributed by atoms with Crippen molar-refractivity contribution in [1.29, 1.82) is 0 Å². The van der Waals surface area contributed by atoms with Crippen molar-refractivity contribution in [3.63, 3.8) is 0 Å². The van der Waals surface area contributed by atoms with Gasteiger partial charge in [-0.3, -0.25) is 14.4 Å². The Kier molecular flexibility index (Phi) is 6.91. The van der Waals surface area contributed by atoms with Crippen LogP contribution in [0.4, 0.5) is 11.5 Å². The summed E-state index contributed by atoms with van der Waals surface area (Å²) in [6.07, 6.45) is 8.84. The molecule has 2 amide bonds. The van der Waals surface area contributed by atoms with Crippen LogP contribution < -0.4 is 21.4 Å². The molecule has 5 rings (SSSR count). The van der Waals surface area contributed by atoms with Crippen LogP contribution in [0.5, 0.6) is 0 Å². The molecule has 1 aromatic carbocycles. The molecular weight excluding hydrogens is 456 g/mol. The van der Waals surface area contributed by atoms with E-state index in [1.165, 1.54) is 6.42 Å². The Bertz CT molecular complexity index is 1130. The molecule has 2 bridgehead atoms. The fraction of sp³-hybridized carbons (Fsp3) is 0.481. The lowest BCUT2D eigenvalue weighted by Gasteiger charge is -2.40. The van der Waals surface area contributed by atoms with Gasteiger partial charge in [-0.1, -0.05) is 6.42 Å². The SMILES string of the molecule is CC(=O)c1ccc(N2[C@@H]3CC[C@H]2CC(NC(=O)c2ccc(C(N)=O)c(NN4CCCCC4)c2)C3)nc1. The van der Waals surface area contributed by atoms with Gasteiger partial charge in [0, 0.05) is 48.5 Å². The lowest BCUT2D eigenvalue weighted by atomic mass is 9.96. The van der Waals surface area contributed by atoms with Crippen LogP contribution in [-0.2, 0) is 0 Å². The summed E-state index contributed by atoms with van der Waals surface area (Å²) in [6.45, 7) is 3.33. The number of primary amides is 1. The van der Waals surface area contributed by atoms with E-state index in [2.05, 4.69) is 25.6 Å². The maximum absolute atomic E-state index is 13.2. The number of hydrogen-bond acceptors (Lipinski definition) is 7. The Labute approximate surface area is 211 Å². The molecule has 4 heterocycles. The van der Waals surface area contributed by atoms with Crippen LogP contribution in [-0.4, -0.2) is 58.8 Å². The number of Topliss-reactive ketones (excluding diaryl/α,β-unsaturated/α-hetero) is 1. The maximum atomic E-state index is 13.2. The van der Waals surface area contributed by atoms with Crippen LogP contribution in [0.3, 0.4) is 0 Å². The van der Waals surface area contributed by atoms with E-state index >= 15 is 0 Å². The number of carbonyl (C=O) groups is 3. The Morgan fingerprint density at radius 3 is 2.28 bits per heavy atom. The number of nitrogens with two attached hydrogens (primary N) is 1. The number of benzene rings is 1. The van der Waals surface area contributed by atoms with Crippen molar-refractivity contribution in [2.45, 2.75) is 70.0 Å². The highest BCUT2D eigenvalue weighted by atomic mass is 16.2. The van der Waals surface area contributed by atoms with Crippen molar-refractivity contribution in [2.75, 3.05) is 23.4 Å². The molecule has 0 aliphatic carbocycles. The number of rotatable bonds is 7. The molecule has 190 valence electrons. The van der Waals surface area contributed by atoms with Gasteiger partial charge in [-0.15, -0.1) is 0 Å². The molecule has 36 heavy (non-hydrogen) atoms. The van der Waals surface area contributed by atoms with Crippen LogP contribution in [0.1, 0.15) is 82.9 Å². The van der Waals surface area contributed by atoms with Crippen molar-refractivity contribution in [3.05, 3.63) is 53.2 Å². The summed E-state index contributed by atoms with van der Waals surface area (Å²) in [6, 6.07) is 9.47. The Balaban J connectivity index is 1.26. The first-order valence-corrected chi connectivity index (χ1v) is 12.9. The molecule has 4 N–H and O–H groups in total. The van der Waals surface area contributed by atoms with E-state index in [1.807, 2.05) is 12.1 Å². The third-order valence-corrected chi connectivity index (χ3v) is 7.67. The summed E-state index contributed by atoms with van der Waals surface area (Å²) in [5, 5.41) is 5.30. The Hall–Kier alpha value is -3.46. The highest BCUT2D eigenvalue weighted by Gasteiger charge is 2.41. The van der Waals surface area contributed by atoms with E-state index in [9.17, 15) is 14.4 Å². The van der Waals surface area contributed by atoms with Crippen molar-refractivity contribution in [1.82, 2.24) is 15.3 Å². The molecule has 0 saturated carbocycles. The van der Waals surface area contributed by atoms with Crippen LogP contribution in [0.2, 0.25) is 0 Å². The maximum Gasteiger partial charge on any atom is 0.251 e. The highest BCUT2D eigenvalue weighted by molar-refractivity contribution is 6.02. The number of carbonyl (C=O) groups excluding carboxylic acids is 3. The monoisotopic (exact) mass is 490 g/mol. The zero-order chi connectivity index (χ0) is 25.2. The number of anilines is 2. The van der Waals surface area contributed by atoms with Crippen LogP contribution >= 0.6 is 0 Å². The Morgan fingerprint density at radius 1 is 0.972 bits per heavy atom. The first-order valence-electron chi connectivity index (χ1n) is 12.9. The summed E-state index contributed by atoms with van der Waals surface area (Å²) in [5.41, 5.74) is 11.0. The van der Waals surface area contributed by atoms with Crippen LogP contribution in [0, 0.1) is 0 Å². The fourth-order valence-electron chi connectivity index (χ4n) is 5.85. The largest absolute Gasteiger partial charge is 0.366 e. The normalized spacial score (nSPS) is 23.8. The molecule has 3 aliphatic rings. The molecule has 0 spiro atoms. The molecule has 0 radical (unpaired) electrons. The van der Waals surface area contributed by atoms with Crippen molar-refractivity contribution >= 4 is 29.1 Å². The quantitative estimate of drug-likeness (QED) is 0.510. The molecule has 9 nitrogen and oxygen atoms in total. The first-order chi connectivity index (χ1) is 17.4. The van der Waals surface area contributed by atoms with E-state index in [4.69, 9.17) is 5.73 Å². The number of hydrogen-bond donors (Lipinski definition) is 3. The minimum absolute atomic E-state index is 0.0107. The number of fused-ring (bicyclic) bond motifs is 2. The van der Waals surface area contributed by atoms with E-state index in [-0.39, 0.29) is 17.7 Å². The molecule has 2 aromatic rings. The summed E-state index contributed by atoms with van der Waals surface area (Å²) in [7, 11) is 0. The van der Waals surface area contributed by atoms with Gasteiger partial charge in [-0.2, -0.15) is 0 Å². The number of piperidine rings is 2. The summed E-state index contributed by atoms with van der Waals surface area (Å²) in [5.74, 6) is 0.245. The minimum Gasteiger partial charge on any atom is -0.366 e. The zero-order valence-electron chi connectivity index (χ0n) is 20.7. The molecule has 3 atom stereocenters. The molecule has 1 unspecified atom stereocenters. The number of nitrogens with one attached hydrogen (secondary N) is 2. The van der Waals surface area contributed by atoms with Crippen molar-refractivity contribution in [2.24, 2.45) is 5.73 Å². The zero-order valence-corrected chi connectivity index (χ0v) is 20.7. The average molecular weight is 491 g/mol. The van der Waals surface area contributed by atoms with Crippen LogP contribution in [0.25, 0.3) is 0 Å². The van der Waals surface area contributed by atoms with E-state index in [0.717, 1.165) is 57.4 Å². The van der Waals surface area contributed by atoms with Gasteiger partial charge in [0.25, 0.3) is 11.8 Å². The fourth-order valence-corrected chi connectivity index (χ4v) is 5.85. The third kappa shape index (κ3) is 5.06. The molecule has 9 heteroatoms. The summed E-state index contributed by atoms with van der Waals surface area (Å²) in [4.78, 5) is 43.7. The number of ketones is 1. The van der Waals surface area contributed by atoms with Crippen molar-refractivity contribution in [3.8, 4) is 0 Å². The number of amides is 2. The molecule has 3 saturated heterocycles. The number of hydrazine groups is 1. The number of nitrogens with zero attached hydrogens (tertiary/aromatic N) is 3. The van der Waals surface area contributed by atoms with E-state index in [0.29, 0.717) is 34.5 Å². The van der Waals surface area contributed by atoms with E-state index in [1.54, 1.807) is 31.3 Å². The van der Waals surface area contributed by atoms with Gasteiger partial charge in [0.15, 0.2) is 5.78 Å². The summed E-state index contributed by atoms with van der Waals surface area (Å²) >= 11 is 0. The van der Waals surface area contributed by atoms with Gasteiger partial charge >= 0.3 is 0 Å². The molecule has 3 fully saturated rings. The molecule has 3 aliphatic heterocycles. The van der Waals surface area contributed by atoms with Crippen LogP contribution in [0.15, 0.2) is 36.5 Å². The first kappa shape index (κ1) is 24.2. The van der Waals surface area contributed by atoms with Gasteiger partial charge in [0.1, 0.15) is 5.82 Å². The molecular formula is C27H34N6O3. The third-order valence-electron chi connectivity index (χ3n) is 7.67. The molecule has 1 aromatic heterocycles. The topological polar surface area (TPSA) is 121 Å². The van der Waals surface area contributed by atoms with Gasteiger partial charge in [-0.05, 0) is 75.8 Å². The average Bonchev–Trinajstić information content (AvgIpc) is 3.14. The van der Waals surface area contributed by atoms with E-state index < -0.39 is 5.91 Å². The second kappa shape index (κ2) is 10.3. The predicted molar refractivity (Wildman–Crippen MR) is 138 cm³/mol. The standard InChI is InChI=1S/C27H34N6O3/c1-17(34)19-6-10-25(29-16-19)33-21-7-8-22(33)15-20(14-21)30-27(36)18-5-9-23(26(28)35)24(13-18)31-32-11-3-2-4-12-32/h5-6,9-10,13,16,20-22,31H,2-4,7-8,11-12,14-15H2,1H3,(H2,28,35)(H,30,36)/t20?,21-,22+. The minimum atomic E-state index is -0.518. The number of pyridine rings is 1. The number of aromatic nitrogens is 1. The Morgan fingerprint density at radius 2 is 1.67 bits per heavy atom. The second-order valence-corrected chi connectivity index (χ2v) is 10.2. The lowest BCUT2D eigenvalue weighted by molar-refractivity contribution is 0.0924. The predicted octanol–water partition coefficient (Wildman–Crippen LogP) is 3.13. The van der Waals surface area contributed by atoms with Gasteiger partial charge in [0.05, 0.1) is 11.3 Å². The lowest BCUT2D eigenvalue weighted by Crippen LogP contribution is -2.50. The van der Waals surface area contributed by atoms with Gasteiger partial charge in [0.2, 0.25) is 0 Å². The highest BCUT2D eigenvalue weighted by Crippen LogP contribution is 2.38. The summed E-state index contributed by atoms with van der Waals surface area (Å²) < 4.78 is 0. The second-order valence-electron chi connectivity index (χ2n) is 10.2. The van der Waals surface area contributed by atoms with Gasteiger partial charge < -0.3 is 21.4 Å². The van der Waals surface area contributed by atoms with Gasteiger partial charge in [-0.25, -0.2) is 9.99 Å². The van der Waals surface area contributed by atoms with Crippen molar-refractivity contribution < 1.29 is 14.4 Å².